The van der Waals surface area contributed by atoms with Crippen LogP contribution >= 0.6 is 11.6 Å². The van der Waals surface area contributed by atoms with E-state index in [0.717, 1.165) is 4.90 Å². The summed E-state index contributed by atoms with van der Waals surface area (Å²) in [5, 5.41) is 2.58. The number of para-hydroxylation sites is 1. The van der Waals surface area contributed by atoms with Gasteiger partial charge in [0.1, 0.15) is 5.57 Å². The minimum atomic E-state index is -0.838. The molecule has 144 valence electrons. The highest BCUT2D eigenvalue weighted by Crippen LogP contribution is 2.34. The monoisotopic (exact) mass is 400 g/mol. The van der Waals surface area contributed by atoms with Crippen molar-refractivity contribution in [1.29, 1.82) is 0 Å². The fraction of sp³-hybridized carbons (Fsp3) is 0.150. The summed E-state index contributed by atoms with van der Waals surface area (Å²) in [6.45, 7) is 1.68. The fourth-order valence-corrected chi connectivity index (χ4v) is 3.07. The third-order valence-electron chi connectivity index (χ3n) is 4.31. The van der Waals surface area contributed by atoms with E-state index in [9.17, 15) is 14.4 Å². The van der Waals surface area contributed by atoms with Crippen LogP contribution in [-0.4, -0.2) is 32.1 Å². The van der Waals surface area contributed by atoms with Crippen LogP contribution in [0.4, 0.5) is 10.5 Å². The van der Waals surface area contributed by atoms with Gasteiger partial charge in [-0.3, -0.25) is 14.9 Å². The minimum Gasteiger partial charge on any atom is -0.493 e. The quantitative estimate of drug-likeness (QED) is 0.628. The summed E-state index contributed by atoms with van der Waals surface area (Å²) < 4.78 is 10.6. The van der Waals surface area contributed by atoms with Crippen molar-refractivity contribution in [2.45, 2.75) is 6.92 Å². The van der Waals surface area contributed by atoms with E-state index in [2.05, 4.69) is 5.32 Å². The second kappa shape index (κ2) is 7.74. The predicted molar refractivity (Wildman–Crippen MR) is 105 cm³/mol. The van der Waals surface area contributed by atoms with E-state index in [1.54, 1.807) is 43.3 Å². The Morgan fingerprint density at radius 2 is 1.75 bits per heavy atom. The predicted octanol–water partition coefficient (Wildman–Crippen LogP) is 3.33. The second-order valence-electron chi connectivity index (χ2n) is 5.92. The zero-order valence-electron chi connectivity index (χ0n) is 15.4. The van der Waals surface area contributed by atoms with E-state index in [4.69, 9.17) is 21.1 Å². The minimum absolute atomic E-state index is 0.217. The molecule has 0 aromatic heterocycles. The number of benzene rings is 2. The van der Waals surface area contributed by atoms with E-state index in [0.29, 0.717) is 33.3 Å². The van der Waals surface area contributed by atoms with Gasteiger partial charge in [-0.25, -0.2) is 9.69 Å². The van der Waals surface area contributed by atoms with Crippen LogP contribution < -0.4 is 19.7 Å². The average Bonchev–Trinajstić information content (AvgIpc) is 2.67. The van der Waals surface area contributed by atoms with Crippen LogP contribution in [0.5, 0.6) is 11.5 Å². The van der Waals surface area contributed by atoms with Gasteiger partial charge in [-0.1, -0.05) is 29.8 Å². The number of carbonyl (C=O) groups excluding carboxylic acids is 3. The molecule has 28 heavy (non-hydrogen) atoms. The molecule has 0 aliphatic carbocycles. The fourth-order valence-electron chi connectivity index (χ4n) is 2.90. The van der Waals surface area contributed by atoms with Gasteiger partial charge in [0.25, 0.3) is 11.8 Å². The van der Waals surface area contributed by atoms with E-state index in [1.165, 1.54) is 20.3 Å². The Morgan fingerprint density at radius 1 is 1.04 bits per heavy atom. The molecule has 7 nitrogen and oxygen atoms in total. The zero-order valence-corrected chi connectivity index (χ0v) is 16.2. The van der Waals surface area contributed by atoms with Crippen molar-refractivity contribution in [2.24, 2.45) is 0 Å². The van der Waals surface area contributed by atoms with Crippen LogP contribution in [0.2, 0.25) is 5.02 Å². The summed E-state index contributed by atoms with van der Waals surface area (Å²) in [6.07, 6.45) is 1.36. The largest absolute Gasteiger partial charge is 0.493 e. The lowest BCUT2D eigenvalue weighted by atomic mass is 10.0. The highest BCUT2D eigenvalue weighted by molar-refractivity contribution is 6.40. The number of amides is 4. The van der Waals surface area contributed by atoms with Crippen LogP contribution in [0, 0.1) is 6.92 Å². The van der Waals surface area contributed by atoms with Crippen molar-refractivity contribution < 1.29 is 23.9 Å². The number of nitrogens with one attached hydrogen (secondary N) is 1. The molecule has 0 atom stereocenters. The van der Waals surface area contributed by atoms with E-state index in [-0.39, 0.29) is 5.57 Å². The van der Waals surface area contributed by atoms with Crippen LogP contribution in [0.25, 0.3) is 6.08 Å². The first-order valence-corrected chi connectivity index (χ1v) is 8.64. The first-order valence-electron chi connectivity index (χ1n) is 8.26. The lowest BCUT2D eigenvalue weighted by Crippen LogP contribution is -2.54. The SMILES string of the molecule is COc1cccc(/C=C2\C(=O)NC(=O)N(c3cccc(Cl)c3C)C2=O)c1OC. The van der Waals surface area contributed by atoms with Crippen LogP contribution in [-0.2, 0) is 9.59 Å². The Balaban J connectivity index is 2.11. The molecule has 1 heterocycles. The maximum atomic E-state index is 13.0. The maximum absolute atomic E-state index is 13.0. The number of anilines is 1. The second-order valence-corrected chi connectivity index (χ2v) is 6.33. The Labute approximate surface area is 166 Å². The molecule has 1 aliphatic heterocycles. The van der Waals surface area contributed by atoms with Crippen molar-refractivity contribution in [1.82, 2.24) is 5.32 Å². The first-order chi connectivity index (χ1) is 13.4. The summed E-state index contributed by atoms with van der Waals surface area (Å²) in [7, 11) is 2.93. The van der Waals surface area contributed by atoms with Gasteiger partial charge < -0.3 is 9.47 Å². The summed E-state index contributed by atoms with van der Waals surface area (Å²) in [6, 6.07) is 9.07. The summed E-state index contributed by atoms with van der Waals surface area (Å²) in [5.41, 5.74) is 1.08. The van der Waals surface area contributed by atoms with Crippen molar-refractivity contribution >= 4 is 41.2 Å². The van der Waals surface area contributed by atoms with Gasteiger partial charge in [-0.15, -0.1) is 0 Å². The Bertz CT molecular complexity index is 1020. The topological polar surface area (TPSA) is 84.9 Å². The summed E-state index contributed by atoms with van der Waals surface area (Å²) in [5.74, 6) is -0.751. The number of nitrogens with zero attached hydrogens (tertiary/aromatic N) is 1. The van der Waals surface area contributed by atoms with Gasteiger partial charge in [0, 0.05) is 10.6 Å². The molecule has 4 amide bonds. The smallest absolute Gasteiger partial charge is 0.335 e. The van der Waals surface area contributed by atoms with Gasteiger partial charge in [-0.05, 0) is 36.8 Å². The van der Waals surface area contributed by atoms with Gasteiger partial charge in [0.2, 0.25) is 0 Å². The molecule has 2 aromatic rings. The highest BCUT2D eigenvalue weighted by atomic mass is 35.5. The molecule has 0 radical (unpaired) electrons. The number of rotatable bonds is 4. The number of methoxy groups -OCH3 is 2. The number of hydrogen-bond donors (Lipinski definition) is 1. The molecule has 0 spiro atoms. The molecule has 8 heteroatoms. The first kappa shape index (κ1) is 19.4. The van der Waals surface area contributed by atoms with Crippen LogP contribution in [0.3, 0.4) is 0 Å². The Kier molecular flexibility index (Phi) is 5.37. The van der Waals surface area contributed by atoms with E-state index in [1.807, 2.05) is 0 Å². The molecule has 1 aliphatic rings. The standard InChI is InChI=1S/C20H17ClN2O5/c1-11-14(21)7-5-8-15(11)23-19(25)13(18(24)22-20(23)26)10-12-6-4-9-16(27-2)17(12)28-3/h4-10H,1-3H3,(H,22,24,26)/b13-10+. The number of barbiturate groups is 1. The number of imide groups is 2. The zero-order chi connectivity index (χ0) is 20.4. The third kappa shape index (κ3) is 3.32. The van der Waals surface area contributed by atoms with Crippen molar-refractivity contribution in [3.63, 3.8) is 0 Å². The lowest BCUT2D eigenvalue weighted by Gasteiger charge is -2.27. The molecular formula is C20H17ClN2O5. The number of carbonyl (C=O) groups is 3. The number of urea groups is 1. The van der Waals surface area contributed by atoms with Gasteiger partial charge in [0.15, 0.2) is 11.5 Å². The number of ether oxygens (including phenoxy) is 2. The average molecular weight is 401 g/mol. The molecule has 1 N–H and O–H groups in total. The van der Waals surface area contributed by atoms with Crippen LogP contribution in [0.15, 0.2) is 42.0 Å². The molecule has 3 rings (SSSR count). The van der Waals surface area contributed by atoms with Gasteiger partial charge >= 0.3 is 6.03 Å². The summed E-state index contributed by atoms with van der Waals surface area (Å²) >= 11 is 6.11. The number of halogens is 1. The van der Waals surface area contributed by atoms with Crippen molar-refractivity contribution in [2.75, 3.05) is 19.1 Å². The van der Waals surface area contributed by atoms with Crippen LogP contribution in [0.1, 0.15) is 11.1 Å². The molecule has 1 saturated heterocycles. The Hall–Kier alpha value is -3.32. The van der Waals surface area contributed by atoms with Gasteiger partial charge in [-0.2, -0.15) is 0 Å². The third-order valence-corrected chi connectivity index (χ3v) is 4.72. The molecule has 2 aromatic carbocycles. The molecule has 0 saturated carbocycles. The summed E-state index contributed by atoms with van der Waals surface area (Å²) in [4.78, 5) is 38.6. The molecule has 1 fully saturated rings. The number of hydrogen-bond acceptors (Lipinski definition) is 5. The van der Waals surface area contributed by atoms with E-state index < -0.39 is 17.8 Å². The van der Waals surface area contributed by atoms with E-state index >= 15 is 0 Å². The molecular weight excluding hydrogens is 384 g/mol. The maximum Gasteiger partial charge on any atom is 0.335 e. The lowest BCUT2D eigenvalue weighted by molar-refractivity contribution is -0.122. The normalized spacial score (nSPS) is 15.6. The van der Waals surface area contributed by atoms with Crippen molar-refractivity contribution in [3.8, 4) is 11.5 Å². The Morgan fingerprint density at radius 3 is 2.43 bits per heavy atom. The highest BCUT2D eigenvalue weighted by Gasteiger charge is 2.37. The molecule has 0 bridgehead atoms. The van der Waals surface area contributed by atoms with Crippen molar-refractivity contribution in [3.05, 3.63) is 58.1 Å². The molecule has 0 unspecified atom stereocenters. The van der Waals surface area contributed by atoms with Gasteiger partial charge in [0.05, 0.1) is 19.9 Å².